The fraction of sp³-hybridized carbons (Fsp3) is 0.143. The second-order valence-electron chi connectivity index (χ2n) is 4.23. The molecule has 21 heavy (non-hydrogen) atoms. The van der Waals surface area contributed by atoms with Crippen LogP contribution in [0.3, 0.4) is 0 Å². The zero-order valence-electron chi connectivity index (χ0n) is 11.1. The molecule has 0 radical (unpaired) electrons. The molecule has 2 aromatic rings. The average Bonchev–Trinajstić information content (AvgIpc) is 2.46. The first-order valence-corrected chi connectivity index (χ1v) is 6.81. The van der Waals surface area contributed by atoms with Gasteiger partial charge >= 0.3 is 0 Å². The standard InChI is InChI=1S/C14H12BrFN2O3/c1-21-11-4-5-13(14(7-11)18(19)20)17-8-9-2-3-10(15)6-12(9)16/h2-7,17H,8H2,1H3. The van der Waals surface area contributed by atoms with Gasteiger partial charge in [0.15, 0.2) is 0 Å². The molecule has 0 heterocycles. The van der Waals surface area contributed by atoms with Gasteiger partial charge in [-0.05, 0) is 24.3 Å². The first-order chi connectivity index (χ1) is 10.0. The van der Waals surface area contributed by atoms with Crippen LogP contribution in [0.5, 0.6) is 5.75 Å². The highest BCUT2D eigenvalue weighted by atomic mass is 79.9. The number of halogens is 2. The van der Waals surface area contributed by atoms with Gasteiger partial charge in [0, 0.05) is 16.6 Å². The third kappa shape index (κ3) is 3.69. The van der Waals surface area contributed by atoms with Gasteiger partial charge in [-0.1, -0.05) is 22.0 Å². The summed E-state index contributed by atoms with van der Waals surface area (Å²) in [6.45, 7) is 0.145. The van der Waals surface area contributed by atoms with E-state index in [1.807, 2.05) is 0 Å². The van der Waals surface area contributed by atoms with Crippen LogP contribution in [0.1, 0.15) is 5.56 Å². The Kier molecular flexibility index (Phi) is 4.74. The number of hydrogen-bond acceptors (Lipinski definition) is 4. The van der Waals surface area contributed by atoms with Crippen molar-refractivity contribution in [3.05, 3.63) is 62.4 Å². The number of anilines is 1. The molecule has 0 saturated heterocycles. The monoisotopic (exact) mass is 354 g/mol. The van der Waals surface area contributed by atoms with Crippen LogP contribution in [0.25, 0.3) is 0 Å². The van der Waals surface area contributed by atoms with Crippen molar-refractivity contribution in [3.63, 3.8) is 0 Å². The molecule has 0 aromatic heterocycles. The number of nitrogens with one attached hydrogen (secondary N) is 1. The van der Waals surface area contributed by atoms with Gasteiger partial charge in [-0.15, -0.1) is 0 Å². The number of hydrogen-bond donors (Lipinski definition) is 1. The Morgan fingerprint density at radius 2 is 2.10 bits per heavy atom. The number of nitro groups is 1. The van der Waals surface area contributed by atoms with Crippen molar-refractivity contribution in [2.45, 2.75) is 6.54 Å². The second-order valence-corrected chi connectivity index (χ2v) is 5.15. The van der Waals surface area contributed by atoms with Crippen LogP contribution >= 0.6 is 15.9 Å². The van der Waals surface area contributed by atoms with Gasteiger partial charge in [-0.2, -0.15) is 0 Å². The lowest BCUT2D eigenvalue weighted by atomic mass is 10.2. The first kappa shape index (κ1) is 15.2. The fourth-order valence-electron chi connectivity index (χ4n) is 1.79. The molecule has 5 nitrogen and oxygen atoms in total. The summed E-state index contributed by atoms with van der Waals surface area (Å²) < 4.78 is 19.3. The smallest absolute Gasteiger partial charge is 0.296 e. The summed E-state index contributed by atoms with van der Waals surface area (Å²) in [5.74, 6) is 0.00936. The molecule has 0 aliphatic heterocycles. The third-order valence-electron chi connectivity index (χ3n) is 2.89. The lowest BCUT2D eigenvalue weighted by Crippen LogP contribution is -2.04. The summed E-state index contributed by atoms with van der Waals surface area (Å²) in [5, 5.41) is 13.9. The molecule has 0 aliphatic carbocycles. The van der Waals surface area contributed by atoms with Gasteiger partial charge in [-0.3, -0.25) is 10.1 Å². The summed E-state index contributed by atoms with van der Waals surface area (Å²) in [6, 6.07) is 9.13. The molecule has 110 valence electrons. The molecule has 0 saturated carbocycles. The lowest BCUT2D eigenvalue weighted by molar-refractivity contribution is -0.384. The van der Waals surface area contributed by atoms with Gasteiger partial charge in [-0.25, -0.2) is 4.39 Å². The molecule has 7 heteroatoms. The van der Waals surface area contributed by atoms with Gasteiger partial charge < -0.3 is 10.1 Å². The predicted octanol–water partition coefficient (Wildman–Crippen LogP) is 4.12. The van der Waals surface area contributed by atoms with Crippen LogP contribution < -0.4 is 10.1 Å². The highest BCUT2D eigenvalue weighted by Gasteiger charge is 2.15. The minimum absolute atomic E-state index is 0.119. The molecule has 0 fully saturated rings. The number of rotatable bonds is 5. The number of methoxy groups -OCH3 is 1. The number of benzene rings is 2. The van der Waals surface area contributed by atoms with Crippen molar-refractivity contribution in [2.75, 3.05) is 12.4 Å². The quantitative estimate of drug-likeness (QED) is 0.647. The van der Waals surface area contributed by atoms with Gasteiger partial charge in [0.05, 0.1) is 18.1 Å². The van der Waals surface area contributed by atoms with Crippen LogP contribution in [-0.4, -0.2) is 12.0 Å². The molecule has 0 bridgehead atoms. The van der Waals surface area contributed by atoms with Crippen molar-refractivity contribution in [1.29, 1.82) is 0 Å². The van der Waals surface area contributed by atoms with E-state index in [1.165, 1.54) is 25.3 Å². The van der Waals surface area contributed by atoms with Crippen LogP contribution in [0.15, 0.2) is 40.9 Å². The maximum absolute atomic E-state index is 13.7. The molecule has 2 aromatic carbocycles. The summed E-state index contributed by atoms with van der Waals surface area (Å²) in [4.78, 5) is 10.5. The molecule has 0 spiro atoms. The number of ether oxygens (including phenoxy) is 1. The Morgan fingerprint density at radius 1 is 1.33 bits per heavy atom. The van der Waals surface area contributed by atoms with E-state index in [4.69, 9.17) is 4.74 Å². The minimum Gasteiger partial charge on any atom is -0.496 e. The Balaban J connectivity index is 2.21. The van der Waals surface area contributed by atoms with Crippen LogP contribution in [0.4, 0.5) is 15.8 Å². The van der Waals surface area contributed by atoms with Crippen molar-refractivity contribution < 1.29 is 14.1 Å². The van der Waals surface area contributed by atoms with E-state index in [0.717, 1.165) is 0 Å². The number of nitrogens with zero attached hydrogens (tertiary/aromatic N) is 1. The maximum Gasteiger partial charge on any atom is 0.296 e. The summed E-state index contributed by atoms with van der Waals surface area (Å²) in [5.41, 5.74) is 0.610. The molecule has 0 atom stereocenters. The Bertz CT molecular complexity index is 679. The zero-order chi connectivity index (χ0) is 15.4. The molecular formula is C14H12BrFN2O3. The predicted molar refractivity (Wildman–Crippen MR) is 81.1 cm³/mol. The van der Waals surface area contributed by atoms with Gasteiger partial charge in [0.1, 0.15) is 17.3 Å². The zero-order valence-corrected chi connectivity index (χ0v) is 12.7. The third-order valence-corrected chi connectivity index (χ3v) is 3.38. The average molecular weight is 355 g/mol. The molecule has 2 rings (SSSR count). The van der Waals surface area contributed by atoms with Crippen LogP contribution in [0.2, 0.25) is 0 Å². The molecular weight excluding hydrogens is 343 g/mol. The van der Waals surface area contributed by atoms with Gasteiger partial charge in [0.2, 0.25) is 0 Å². The van der Waals surface area contributed by atoms with Crippen molar-refractivity contribution in [2.24, 2.45) is 0 Å². The highest BCUT2D eigenvalue weighted by molar-refractivity contribution is 9.10. The van der Waals surface area contributed by atoms with E-state index in [1.54, 1.807) is 18.2 Å². The van der Waals surface area contributed by atoms with Crippen molar-refractivity contribution >= 4 is 27.3 Å². The molecule has 0 unspecified atom stereocenters. The van der Waals surface area contributed by atoms with E-state index in [9.17, 15) is 14.5 Å². The maximum atomic E-state index is 13.7. The second kappa shape index (κ2) is 6.53. The molecule has 1 N–H and O–H groups in total. The van der Waals surface area contributed by atoms with E-state index in [2.05, 4.69) is 21.2 Å². The van der Waals surface area contributed by atoms with Crippen molar-refractivity contribution in [1.82, 2.24) is 0 Å². The van der Waals surface area contributed by atoms with E-state index >= 15 is 0 Å². The first-order valence-electron chi connectivity index (χ1n) is 6.01. The summed E-state index contributed by atoms with van der Waals surface area (Å²) in [7, 11) is 1.43. The number of nitro benzene ring substituents is 1. The molecule has 0 amide bonds. The largest absolute Gasteiger partial charge is 0.496 e. The topological polar surface area (TPSA) is 64.4 Å². The van der Waals surface area contributed by atoms with Crippen molar-refractivity contribution in [3.8, 4) is 5.75 Å². The minimum atomic E-state index is -0.511. The van der Waals surface area contributed by atoms with Crippen LogP contribution in [0, 0.1) is 15.9 Å². The van der Waals surface area contributed by atoms with Gasteiger partial charge in [0.25, 0.3) is 5.69 Å². The SMILES string of the molecule is COc1ccc(NCc2ccc(Br)cc2F)c([N+](=O)[O-])c1. The normalized spacial score (nSPS) is 10.2. The van der Waals surface area contributed by atoms with E-state index < -0.39 is 4.92 Å². The highest BCUT2D eigenvalue weighted by Crippen LogP contribution is 2.29. The Hall–Kier alpha value is -2.15. The van der Waals surface area contributed by atoms with E-state index in [-0.39, 0.29) is 18.0 Å². The van der Waals surface area contributed by atoms with Crippen LogP contribution in [-0.2, 0) is 6.54 Å². The Morgan fingerprint density at radius 3 is 2.71 bits per heavy atom. The summed E-state index contributed by atoms with van der Waals surface area (Å²) >= 11 is 3.18. The lowest BCUT2D eigenvalue weighted by Gasteiger charge is -2.09. The Labute approximate surface area is 129 Å². The molecule has 0 aliphatic rings. The summed E-state index contributed by atoms with van der Waals surface area (Å²) in [6.07, 6.45) is 0. The fourth-order valence-corrected chi connectivity index (χ4v) is 2.13. The van der Waals surface area contributed by atoms with E-state index in [0.29, 0.717) is 21.5 Å².